The third kappa shape index (κ3) is 4.64. The van der Waals surface area contributed by atoms with E-state index in [1.807, 2.05) is 6.07 Å². The second-order valence-corrected chi connectivity index (χ2v) is 8.18. The highest BCUT2D eigenvalue weighted by Crippen LogP contribution is 2.32. The van der Waals surface area contributed by atoms with Crippen molar-refractivity contribution in [3.63, 3.8) is 0 Å². The maximum atomic E-state index is 12.9. The van der Waals surface area contributed by atoms with Crippen LogP contribution in [0.3, 0.4) is 0 Å². The average Bonchev–Trinajstić information content (AvgIpc) is 3.36. The largest absolute Gasteiger partial charge is 0.465 e. The number of nitrogens with zero attached hydrogens (tertiary/aromatic N) is 2. The first-order chi connectivity index (χ1) is 15.1. The van der Waals surface area contributed by atoms with Crippen molar-refractivity contribution in [2.45, 2.75) is 39.7 Å². The quantitative estimate of drug-likeness (QED) is 0.517. The first kappa shape index (κ1) is 21.1. The molecule has 0 saturated carbocycles. The molecule has 0 atom stereocenters. The zero-order valence-electron chi connectivity index (χ0n) is 17.6. The van der Waals surface area contributed by atoms with Gasteiger partial charge in [0.05, 0.1) is 16.8 Å². The van der Waals surface area contributed by atoms with Crippen LogP contribution in [0.2, 0.25) is 0 Å². The van der Waals surface area contributed by atoms with E-state index in [-0.39, 0.29) is 19.3 Å². The zero-order valence-corrected chi connectivity index (χ0v) is 18.4. The third-order valence-corrected chi connectivity index (χ3v) is 6.02. The standard InChI is InChI=1S/C23H24N2O5S/c1-3-5-6-15-7-9-17-20(11-15)31-23(25(17)13-21(26)28-4-2)24-22(27)16-8-10-18-19(12-16)30-14-29-18/h7-12H,3-6,13-14H2,1-2H3. The van der Waals surface area contributed by atoms with Crippen LogP contribution in [0.1, 0.15) is 42.6 Å². The molecule has 1 amide bonds. The molecule has 31 heavy (non-hydrogen) atoms. The molecular formula is C23H24N2O5S. The summed E-state index contributed by atoms with van der Waals surface area (Å²) in [4.78, 5) is 29.9. The number of benzene rings is 2. The van der Waals surface area contributed by atoms with Crippen LogP contribution in [-0.2, 0) is 22.5 Å². The monoisotopic (exact) mass is 440 g/mol. The molecule has 0 saturated heterocycles. The minimum absolute atomic E-state index is 0.00456. The average molecular weight is 441 g/mol. The maximum absolute atomic E-state index is 12.9. The van der Waals surface area contributed by atoms with Gasteiger partial charge < -0.3 is 18.8 Å². The van der Waals surface area contributed by atoms with Gasteiger partial charge >= 0.3 is 5.97 Å². The van der Waals surface area contributed by atoms with Crippen molar-refractivity contribution in [1.82, 2.24) is 4.57 Å². The van der Waals surface area contributed by atoms with Gasteiger partial charge in [0, 0.05) is 5.56 Å². The molecule has 0 radical (unpaired) electrons. The van der Waals surface area contributed by atoms with Crippen LogP contribution in [0.15, 0.2) is 41.4 Å². The number of rotatable bonds is 7. The molecule has 4 rings (SSSR count). The van der Waals surface area contributed by atoms with E-state index in [1.165, 1.54) is 16.9 Å². The van der Waals surface area contributed by atoms with Crippen LogP contribution >= 0.6 is 11.3 Å². The molecule has 1 aromatic heterocycles. The van der Waals surface area contributed by atoms with E-state index in [0.717, 1.165) is 29.5 Å². The number of carbonyl (C=O) groups is 2. The van der Waals surface area contributed by atoms with Crippen molar-refractivity contribution in [2.75, 3.05) is 13.4 Å². The molecule has 3 aromatic rings. The molecule has 2 heterocycles. The minimum atomic E-state index is -0.409. The zero-order chi connectivity index (χ0) is 21.8. The molecule has 0 aliphatic carbocycles. The molecule has 1 aliphatic heterocycles. The van der Waals surface area contributed by atoms with Gasteiger partial charge in [-0.15, -0.1) is 0 Å². The fourth-order valence-corrected chi connectivity index (χ4v) is 4.50. The van der Waals surface area contributed by atoms with Gasteiger partial charge in [-0.3, -0.25) is 9.59 Å². The highest BCUT2D eigenvalue weighted by atomic mass is 32.1. The number of aromatic nitrogens is 1. The van der Waals surface area contributed by atoms with Gasteiger partial charge in [0.1, 0.15) is 6.54 Å². The number of amides is 1. The molecular weight excluding hydrogens is 416 g/mol. The first-order valence-electron chi connectivity index (χ1n) is 10.4. The smallest absolute Gasteiger partial charge is 0.326 e. The summed E-state index contributed by atoms with van der Waals surface area (Å²) in [5, 5.41) is 0. The summed E-state index contributed by atoms with van der Waals surface area (Å²) in [5.74, 6) is 0.357. The van der Waals surface area contributed by atoms with Crippen LogP contribution < -0.4 is 14.3 Å². The van der Waals surface area contributed by atoms with Crippen molar-refractivity contribution in [1.29, 1.82) is 0 Å². The Morgan fingerprint density at radius 3 is 2.77 bits per heavy atom. The molecule has 0 bridgehead atoms. The fraction of sp³-hybridized carbons (Fsp3) is 0.348. The van der Waals surface area contributed by atoms with E-state index >= 15 is 0 Å². The van der Waals surface area contributed by atoms with E-state index < -0.39 is 5.91 Å². The lowest BCUT2D eigenvalue weighted by Gasteiger charge is -2.06. The maximum Gasteiger partial charge on any atom is 0.326 e. The summed E-state index contributed by atoms with van der Waals surface area (Å²) in [6, 6.07) is 11.1. The van der Waals surface area contributed by atoms with Crippen LogP contribution in [0.5, 0.6) is 11.5 Å². The lowest BCUT2D eigenvalue weighted by Crippen LogP contribution is -2.23. The van der Waals surface area contributed by atoms with Crippen molar-refractivity contribution in [2.24, 2.45) is 4.99 Å². The number of carbonyl (C=O) groups excluding carboxylic acids is 2. The second kappa shape index (κ2) is 9.34. The number of hydrogen-bond donors (Lipinski definition) is 0. The van der Waals surface area contributed by atoms with Crippen LogP contribution in [-0.4, -0.2) is 29.8 Å². The van der Waals surface area contributed by atoms with Crippen molar-refractivity contribution in [3.05, 3.63) is 52.3 Å². The molecule has 0 spiro atoms. The number of ether oxygens (including phenoxy) is 3. The lowest BCUT2D eigenvalue weighted by atomic mass is 10.1. The van der Waals surface area contributed by atoms with Crippen LogP contribution in [0.25, 0.3) is 10.2 Å². The summed E-state index contributed by atoms with van der Waals surface area (Å²) < 4.78 is 18.5. The Labute approximate surface area is 183 Å². The predicted molar refractivity (Wildman–Crippen MR) is 118 cm³/mol. The van der Waals surface area contributed by atoms with Gasteiger partial charge in [-0.2, -0.15) is 4.99 Å². The number of thiazole rings is 1. The number of aryl methyl sites for hydroxylation is 1. The van der Waals surface area contributed by atoms with E-state index in [1.54, 1.807) is 29.7 Å². The summed E-state index contributed by atoms with van der Waals surface area (Å²) in [6.07, 6.45) is 3.22. The molecule has 8 heteroatoms. The highest BCUT2D eigenvalue weighted by molar-refractivity contribution is 7.16. The number of unbranched alkanes of at least 4 members (excludes halogenated alkanes) is 1. The Morgan fingerprint density at radius 1 is 1.13 bits per heavy atom. The summed E-state index contributed by atoms with van der Waals surface area (Å²) >= 11 is 1.39. The predicted octanol–water partition coefficient (Wildman–Crippen LogP) is 4.08. The molecule has 0 N–H and O–H groups in total. The van der Waals surface area contributed by atoms with E-state index in [2.05, 4.69) is 24.0 Å². The Morgan fingerprint density at radius 2 is 1.97 bits per heavy atom. The molecule has 0 unspecified atom stereocenters. The topological polar surface area (TPSA) is 79.1 Å². The van der Waals surface area contributed by atoms with Gasteiger partial charge in [-0.05, 0) is 55.7 Å². The summed E-state index contributed by atoms with van der Waals surface area (Å²) in [6.45, 7) is 4.36. The summed E-state index contributed by atoms with van der Waals surface area (Å²) in [5.41, 5.74) is 2.48. The summed E-state index contributed by atoms with van der Waals surface area (Å²) in [7, 11) is 0. The van der Waals surface area contributed by atoms with E-state index in [9.17, 15) is 9.59 Å². The third-order valence-electron chi connectivity index (χ3n) is 4.98. The van der Waals surface area contributed by atoms with Crippen molar-refractivity contribution >= 4 is 33.4 Å². The Bertz CT molecular complexity index is 1190. The van der Waals surface area contributed by atoms with Crippen LogP contribution in [0, 0.1) is 0 Å². The minimum Gasteiger partial charge on any atom is -0.465 e. The van der Waals surface area contributed by atoms with Gasteiger partial charge in [0.25, 0.3) is 5.91 Å². The Kier molecular flexibility index (Phi) is 6.36. The lowest BCUT2D eigenvalue weighted by molar-refractivity contribution is -0.143. The number of hydrogen-bond acceptors (Lipinski definition) is 6. The van der Waals surface area contributed by atoms with Gasteiger partial charge in [0.15, 0.2) is 16.3 Å². The van der Waals surface area contributed by atoms with E-state index in [4.69, 9.17) is 14.2 Å². The van der Waals surface area contributed by atoms with Crippen molar-refractivity contribution in [3.8, 4) is 11.5 Å². The highest BCUT2D eigenvalue weighted by Gasteiger charge is 2.17. The van der Waals surface area contributed by atoms with E-state index in [0.29, 0.717) is 28.5 Å². The number of esters is 1. The van der Waals surface area contributed by atoms with Gasteiger partial charge in [-0.1, -0.05) is 30.7 Å². The molecule has 1 aliphatic rings. The second-order valence-electron chi connectivity index (χ2n) is 7.17. The Hall–Kier alpha value is -3.13. The molecule has 2 aromatic carbocycles. The molecule has 0 fully saturated rings. The SMILES string of the molecule is CCCCc1ccc2c(c1)sc(=NC(=O)c1ccc3c(c1)OCO3)n2CC(=O)OCC. The number of fused-ring (bicyclic) bond motifs is 2. The molecule has 7 nitrogen and oxygen atoms in total. The molecule has 162 valence electrons. The van der Waals surface area contributed by atoms with Crippen LogP contribution in [0.4, 0.5) is 0 Å². The first-order valence-corrected chi connectivity index (χ1v) is 11.2. The van der Waals surface area contributed by atoms with Gasteiger partial charge in [-0.25, -0.2) is 0 Å². The normalized spacial score (nSPS) is 13.0. The fourth-order valence-electron chi connectivity index (χ4n) is 3.41. The van der Waals surface area contributed by atoms with Crippen molar-refractivity contribution < 1.29 is 23.8 Å². The van der Waals surface area contributed by atoms with Gasteiger partial charge in [0.2, 0.25) is 6.79 Å². The Balaban J connectivity index is 1.74.